The fourth-order valence-electron chi connectivity index (χ4n) is 11.9. The van der Waals surface area contributed by atoms with Crippen molar-refractivity contribution < 1.29 is 33.0 Å². The molecule has 3 aromatic heterocycles. The first kappa shape index (κ1) is 52.8. The quantitative estimate of drug-likeness (QED) is 0.0918. The average Bonchev–Trinajstić information content (AvgIpc) is 4.08. The Hall–Kier alpha value is -5.01. The maximum absolute atomic E-state index is 16.8. The van der Waals surface area contributed by atoms with E-state index in [1.807, 2.05) is 33.0 Å². The van der Waals surface area contributed by atoms with Crippen molar-refractivity contribution in [2.24, 2.45) is 17.3 Å². The predicted octanol–water partition coefficient (Wildman–Crippen LogP) is 6.84. The van der Waals surface area contributed by atoms with E-state index in [4.69, 9.17) is 19.4 Å². The molecular weight excluding hydrogens is 948 g/mol. The number of hydrazine groups is 1. The normalized spacial score (nSPS) is 25.6. The van der Waals surface area contributed by atoms with Gasteiger partial charge in [0.1, 0.15) is 23.9 Å². The van der Waals surface area contributed by atoms with Crippen LogP contribution < -0.4 is 15.6 Å². The van der Waals surface area contributed by atoms with Crippen molar-refractivity contribution in [2.45, 2.75) is 142 Å². The molecule has 1 aromatic carbocycles. The minimum Gasteiger partial charge on any atom is -0.464 e. The zero-order valence-electron chi connectivity index (χ0n) is 44.4. The number of carbonyl (C=O) groups is 4. The first-order valence-corrected chi connectivity index (χ1v) is 27.6. The number of methoxy groups -OCH3 is 1. The number of ether oxygens (including phenoxy) is 2. The highest BCUT2D eigenvalue weighted by Gasteiger charge is 2.50. The van der Waals surface area contributed by atoms with Crippen LogP contribution in [0.25, 0.3) is 33.4 Å². The third-order valence-corrected chi connectivity index (χ3v) is 17.3. The Morgan fingerprint density at radius 1 is 1.05 bits per heavy atom. The molecule has 4 aliphatic heterocycles. The van der Waals surface area contributed by atoms with Gasteiger partial charge in [0.25, 0.3) is 5.91 Å². The summed E-state index contributed by atoms with van der Waals surface area (Å²) >= 11 is 1.29. The van der Waals surface area contributed by atoms with Crippen molar-refractivity contribution in [1.29, 1.82) is 0 Å². The molecule has 73 heavy (non-hydrogen) atoms. The van der Waals surface area contributed by atoms with Crippen LogP contribution in [0.5, 0.6) is 0 Å². The lowest BCUT2D eigenvalue weighted by Crippen LogP contribution is -2.62. The average molecular weight is 1030 g/mol. The molecule has 16 nitrogen and oxygen atoms in total. The van der Waals surface area contributed by atoms with Crippen LogP contribution >= 0.6 is 11.3 Å². The summed E-state index contributed by atoms with van der Waals surface area (Å²) in [7, 11) is 7.63. The van der Waals surface area contributed by atoms with Gasteiger partial charge in [0.05, 0.1) is 46.7 Å². The summed E-state index contributed by atoms with van der Waals surface area (Å²) in [6, 6.07) is 4.91. The lowest BCUT2D eigenvalue weighted by Gasteiger charge is -2.36. The smallest absolute Gasteiger partial charge is 0.324 e. The molecular formula is C55H77FN10O6S. The molecule has 6 bridgehead atoms. The highest BCUT2D eigenvalue weighted by Crippen LogP contribution is 2.46. The minimum atomic E-state index is -1.09. The molecule has 7 atom stereocenters. The van der Waals surface area contributed by atoms with E-state index in [9.17, 15) is 19.2 Å². The number of anilines is 1. The number of nitrogens with one attached hydrogen (secondary N) is 2. The SMILES string of the molecule is CCc1c(-c2cc(N3CCN(C)CC3)cnc2C(C)OC)n2c3cc(c(F)cc13)-c1csc(n1)CC(NC(=O)[C@H](C1CCCC1)N(C)C=O)C(=O)N1CCCC(N1)C(=O)OCC(C)(C)C2.C[C@H]1C(C2CC2)N1C. The van der Waals surface area contributed by atoms with Crippen molar-refractivity contribution >= 4 is 52.1 Å². The molecule has 10 rings (SSSR count). The highest BCUT2D eigenvalue weighted by molar-refractivity contribution is 7.10. The number of benzene rings is 1. The summed E-state index contributed by atoms with van der Waals surface area (Å²) < 4.78 is 31.1. The molecule has 5 unspecified atom stereocenters. The van der Waals surface area contributed by atoms with Crippen molar-refractivity contribution in [2.75, 3.05) is 72.5 Å². The number of fused-ring (bicyclic) bond motifs is 6. The van der Waals surface area contributed by atoms with E-state index < -0.39 is 47.1 Å². The van der Waals surface area contributed by atoms with Crippen LogP contribution in [-0.2, 0) is 48.0 Å². The molecule has 0 radical (unpaired) electrons. The van der Waals surface area contributed by atoms with Gasteiger partial charge in [-0.3, -0.25) is 34.1 Å². The molecule has 2 aliphatic carbocycles. The van der Waals surface area contributed by atoms with Gasteiger partial charge in [0, 0.05) is 105 Å². The van der Waals surface area contributed by atoms with Crippen molar-refractivity contribution in [1.82, 2.24) is 45.0 Å². The van der Waals surface area contributed by atoms with Gasteiger partial charge in [-0.15, -0.1) is 11.3 Å². The fourth-order valence-corrected chi connectivity index (χ4v) is 12.7. The number of aromatic nitrogens is 3. The Balaban J connectivity index is 0.000000740. The number of halogens is 1. The fraction of sp³-hybridized carbons (Fsp3) is 0.636. The van der Waals surface area contributed by atoms with Crippen LogP contribution in [-0.4, -0.2) is 156 Å². The van der Waals surface area contributed by atoms with Gasteiger partial charge >= 0.3 is 5.97 Å². The lowest BCUT2D eigenvalue weighted by molar-refractivity contribution is -0.155. The Morgan fingerprint density at radius 2 is 1.78 bits per heavy atom. The number of amides is 3. The third-order valence-electron chi connectivity index (χ3n) is 16.5. The first-order chi connectivity index (χ1) is 35.0. The number of thiazole rings is 1. The number of aryl methyl sites for hydroxylation is 1. The van der Waals surface area contributed by atoms with Crippen LogP contribution in [0.1, 0.15) is 108 Å². The Morgan fingerprint density at radius 3 is 2.42 bits per heavy atom. The second-order valence-corrected chi connectivity index (χ2v) is 23.3. The summed E-state index contributed by atoms with van der Waals surface area (Å²) in [5.41, 5.74) is 8.55. The number of esters is 1. The Bertz CT molecular complexity index is 2650. The Labute approximate surface area is 434 Å². The summed E-state index contributed by atoms with van der Waals surface area (Å²) in [4.78, 5) is 73.2. The van der Waals surface area contributed by atoms with Gasteiger partial charge in [-0.2, -0.15) is 0 Å². The zero-order chi connectivity index (χ0) is 51.9. The van der Waals surface area contributed by atoms with E-state index in [1.54, 1.807) is 25.6 Å². The maximum Gasteiger partial charge on any atom is 0.324 e. The summed E-state index contributed by atoms with van der Waals surface area (Å²) in [6.45, 7) is 14.8. The van der Waals surface area contributed by atoms with Gasteiger partial charge in [0.15, 0.2) is 0 Å². The molecule has 2 saturated carbocycles. The molecule has 2 N–H and O–H groups in total. The topological polar surface area (TPSA) is 157 Å². The second-order valence-electron chi connectivity index (χ2n) is 22.4. The number of rotatable bonds is 11. The number of cyclic esters (lactones) is 1. The lowest BCUT2D eigenvalue weighted by atomic mass is 9.93. The maximum atomic E-state index is 16.8. The van der Waals surface area contributed by atoms with Gasteiger partial charge in [0.2, 0.25) is 12.3 Å². The van der Waals surface area contributed by atoms with Crippen LogP contribution in [0, 0.1) is 23.1 Å². The monoisotopic (exact) mass is 1020 g/mol. The van der Waals surface area contributed by atoms with E-state index in [1.165, 1.54) is 34.1 Å². The predicted molar refractivity (Wildman–Crippen MR) is 282 cm³/mol. The van der Waals surface area contributed by atoms with Crippen LogP contribution in [0.3, 0.4) is 0 Å². The van der Waals surface area contributed by atoms with E-state index in [0.717, 1.165) is 109 Å². The first-order valence-electron chi connectivity index (χ1n) is 26.7. The second kappa shape index (κ2) is 22.1. The van der Waals surface area contributed by atoms with Crippen molar-refractivity contribution in [3.05, 3.63) is 51.9 Å². The van der Waals surface area contributed by atoms with Crippen LogP contribution in [0.2, 0.25) is 0 Å². The number of likely N-dealkylation sites (N-methyl/N-ethyl adjacent to an activating group) is 3. The number of carbonyl (C=O) groups excluding carboxylic acids is 4. The van der Waals surface area contributed by atoms with Crippen molar-refractivity contribution in [3.8, 4) is 22.5 Å². The standard InChI is InChI=1S/C48H64FN9O6S.C7H13N/c1-8-32-33-21-36(49)34-22-40(33)57(44(32)35-20-31(24-50-42(35)29(2)63-7)56-18-16-54(5)17-19-56)26-48(3,4)27-64-47(62)37-14-11-15-58(53-37)46(61)38(23-41-51-39(34)25-65-41)52-45(60)43(55(6)28-59)30-12-9-10-13-30;1-5-7(8(5)2)6-3-4-6/h20-22,24-25,28-30,37-38,43,53H,8-19,23,26-27H2,1-7H3,(H,52,60);5-7H,3-4H2,1-2H3/t29?,37?,38?,43-;5-,7?,8?/m00/s1. The molecule has 0 spiro atoms. The molecule has 3 saturated heterocycles. The third kappa shape index (κ3) is 11.3. The van der Waals surface area contributed by atoms with Gasteiger partial charge < -0.3 is 34.1 Å². The van der Waals surface area contributed by atoms with Gasteiger partial charge in [-0.1, -0.05) is 33.6 Å². The number of pyridine rings is 1. The van der Waals surface area contributed by atoms with Crippen molar-refractivity contribution in [3.63, 3.8) is 0 Å². The largest absolute Gasteiger partial charge is 0.464 e. The van der Waals surface area contributed by atoms with Crippen LogP contribution in [0.15, 0.2) is 29.8 Å². The van der Waals surface area contributed by atoms with E-state index in [2.05, 4.69) is 64.0 Å². The number of piperazine rings is 1. The molecule has 5 fully saturated rings. The highest BCUT2D eigenvalue weighted by atomic mass is 32.1. The number of hydrogen-bond acceptors (Lipinski definition) is 13. The number of nitrogens with zero attached hydrogens (tertiary/aromatic N) is 8. The summed E-state index contributed by atoms with van der Waals surface area (Å²) in [5.74, 6) is -0.731. The number of hydrogen-bond donors (Lipinski definition) is 2. The molecule has 3 amide bonds. The zero-order valence-corrected chi connectivity index (χ0v) is 45.2. The van der Waals surface area contributed by atoms with Gasteiger partial charge in [-0.05, 0) is 108 Å². The van der Waals surface area contributed by atoms with E-state index >= 15 is 4.39 Å². The van der Waals surface area contributed by atoms with E-state index in [0.29, 0.717) is 55.0 Å². The van der Waals surface area contributed by atoms with Gasteiger partial charge in [-0.25, -0.2) is 14.8 Å². The molecule has 4 aromatic rings. The Kier molecular flexibility index (Phi) is 16.0. The molecule has 6 aliphatic rings. The molecule has 18 heteroatoms. The van der Waals surface area contributed by atoms with Crippen LogP contribution in [0.4, 0.5) is 10.1 Å². The van der Waals surface area contributed by atoms with E-state index in [-0.39, 0.29) is 25.0 Å². The molecule has 7 heterocycles. The molecule has 396 valence electrons. The summed E-state index contributed by atoms with van der Waals surface area (Å²) in [5, 5.41) is 7.47. The summed E-state index contributed by atoms with van der Waals surface area (Å²) in [6.07, 6.45) is 10.4. The minimum absolute atomic E-state index is 0.0143.